The van der Waals surface area contributed by atoms with Gasteiger partial charge < -0.3 is 4.74 Å². The van der Waals surface area contributed by atoms with Gasteiger partial charge in [-0.1, -0.05) is 32.9 Å². The molecule has 0 atom stereocenters. The van der Waals surface area contributed by atoms with Crippen molar-refractivity contribution >= 4 is 0 Å². The fraction of sp³-hybridized carbons (Fsp3) is 0.600. The fourth-order valence-corrected chi connectivity index (χ4v) is 2.06. The SMILES string of the molecule is CC(C)(C)CCc1ccc2c(c1)OCCC2. The zero-order valence-corrected chi connectivity index (χ0v) is 10.7. The summed E-state index contributed by atoms with van der Waals surface area (Å²) < 4.78 is 5.70. The van der Waals surface area contributed by atoms with E-state index in [4.69, 9.17) is 4.74 Å². The second-order valence-electron chi connectivity index (χ2n) is 5.95. The molecule has 2 rings (SSSR count). The molecule has 1 aromatic carbocycles. The number of fused-ring (bicyclic) bond motifs is 1. The van der Waals surface area contributed by atoms with E-state index in [2.05, 4.69) is 39.0 Å². The molecule has 0 bridgehead atoms. The van der Waals surface area contributed by atoms with Crippen LogP contribution in [0, 0.1) is 5.41 Å². The van der Waals surface area contributed by atoms with Crippen LogP contribution in [0.5, 0.6) is 5.75 Å². The lowest BCUT2D eigenvalue weighted by atomic mass is 9.88. The number of hydrogen-bond acceptors (Lipinski definition) is 1. The summed E-state index contributed by atoms with van der Waals surface area (Å²) in [6, 6.07) is 6.74. The third-order valence-corrected chi connectivity index (χ3v) is 3.14. The Hall–Kier alpha value is -0.980. The van der Waals surface area contributed by atoms with Gasteiger partial charge in [0.2, 0.25) is 0 Å². The lowest BCUT2D eigenvalue weighted by molar-refractivity contribution is 0.288. The van der Waals surface area contributed by atoms with Gasteiger partial charge in [-0.2, -0.15) is 0 Å². The molecule has 0 aromatic heterocycles. The third kappa shape index (κ3) is 3.01. The summed E-state index contributed by atoms with van der Waals surface area (Å²) >= 11 is 0. The molecule has 1 nitrogen and oxygen atoms in total. The van der Waals surface area contributed by atoms with Crippen LogP contribution in [0.1, 0.15) is 44.7 Å². The average molecular weight is 218 g/mol. The maximum atomic E-state index is 5.70. The molecule has 1 aliphatic rings. The molecule has 0 N–H and O–H groups in total. The molecule has 0 spiro atoms. The van der Waals surface area contributed by atoms with Crippen LogP contribution in [0.4, 0.5) is 0 Å². The van der Waals surface area contributed by atoms with Crippen molar-refractivity contribution in [2.45, 2.75) is 46.5 Å². The standard InChI is InChI=1S/C15H22O/c1-15(2,3)9-8-12-6-7-13-5-4-10-16-14(13)11-12/h6-7,11H,4-5,8-10H2,1-3H3. The molecule has 1 aromatic rings. The molecule has 1 heteroatoms. The quantitative estimate of drug-likeness (QED) is 0.729. The summed E-state index contributed by atoms with van der Waals surface area (Å²) in [6.07, 6.45) is 4.72. The maximum Gasteiger partial charge on any atom is 0.122 e. The van der Waals surface area contributed by atoms with Crippen LogP contribution in [-0.4, -0.2) is 6.61 Å². The van der Waals surface area contributed by atoms with Gasteiger partial charge in [-0.3, -0.25) is 0 Å². The number of ether oxygens (including phenoxy) is 1. The van der Waals surface area contributed by atoms with Crippen molar-refractivity contribution in [1.82, 2.24) is 0 Å². The second-order valence-corrected chi connectivity index (χ2v) is 5.95. The van der Waals surface area contributed by atoms with Gasteiger partial charge >= 0.3 is 0 Å². The molecule has 0 aliphatic carbocycles. The molecule has 1 aliphatic heterocycles. The smallest absolute Gasteiger partial charge is 0.122 e. The van der Waals surface area contributed by atoms with Gasteiger partial charge in [0, 0.05) is 0 Å². The monoisotopic (exact) mass is 218 g/mol. The van der Waals surface area contributed by atoms with E-state index in [1.165, 1.54) is 24.0 Å². The van der Waals surface area contributed by atoms with Crippen molar-refractivity contribution in [2.24, 2.45) is 5.41 Å². The van der Waals surface area contributed by atoms with E-state index in [0.29, 0.717) is 5.41 Å². The first-order valence-corrected chi connectivity index (χ1v) is 6.29. The number of hydrogen-bond donors (Lipinski definition) is 0. The molecule has 16 heavy (non-hydrogen) atoms. The maximum absolute atomic E-state index is 5.70. The van der Waals surface area contributed by atoms with E-state index in [1.807, 2.05) is 0 Å². The number of benzene rings is 1. The summed E-state index contributed by atoms with van der Waals surface area (Å²) in [6.45, 7) is 7.77. The van der Waals surface area contributed by atoms with Crippen LogP contribution in [0.3, 0.4) is 0 Å². The van der Waals surface area contributed by atoms with Crippen molar-refractivity contribution in [3.05, 3.63) is 29.3 Å². The molecule has 0 unspecified atom stereocenters. The van der Waals surface area contributed by atoms with Crippen LogP contribution in [0.25, 0.3) is 0 Å². The molecular weight excluding hydrogens is 196 g/mol. The van der Waals surface area contributed by atoms with Crippen molar-refractivity contribution in [1.29, 1.82) is 0 Å². The van der Waals surface area contributed by atoms with E-state index >= 15 is 0 Å². The predicted octanol–water partition coefficient (Wildman–Crippen LogP) is 3.99. The van der Waals surface area contributed by atoms with E-state index < -0.39 is 0 Å². The van der Waals surface area contributed by atoms with Gasteiger partial charge in [0.05, 0.1) is 6.61 Å². The normalized spacial score (nSPS) is 15.4. The lowest BCUT2D eigenvalue weighted by Gasteiger charge is -2.20. The van der Waals surface area contributed by atoms with E-state index in [1.54, 1.807) is 0 Å². The Morgan fingerprint density at radius 2 is 2.06 bits per heavy atom. The minimum atomic E-state index is 0.413. The van der Waals surface area contributed by atoms with Gasteiger partial charge in [-0.15, -0.1) is 0 Å². The molecule has 88 valence electrons. The van der Waals surface area contributed by atoms with Crippen LogP contribution in [0.15, 0.2) is 18.2 Å². The Balaban J connectivity index is 2.06. The van der Waals surface area contributed by atoms with Crippen LogP contribution < -0.4 is 4.74 Å². The largest absolute Gasteiger partial charge is 0.493 e. The minimum absolute atomic E-state index is 0.413. The van der Waals surface area contributed by atoms with Crippen molar-refractivity contribution in [3.8, 4) is 5.75 Å². The summed E-state index contributed by atoms with van der Waals surface area (Å²) in [7, 11) is 0. The molecule has 0 radical (unpaired) electrons. The highest BCUT2D eigenvalue weighted by molar-refractivity contribution is 5.38. The Morgan fingerprint density at radius 1 is 1.25 bits per heavy atom. The molecular formula is C15H22O. The summed E-state index contributed by atoms with van der Waals surface area (Å²) in [5.41, 5.74) is 3.21. The Bertz CT molecular complexity index is 360. The highest BCUT2D eigenvalue weighted by atomic mass is 16.5. The number of rotatable bonds is 2. The van der Waals surface area contributed by atoms with Crippen molar-refractivity contribution < 1.29 is 4.74 Å². The molecule has 0 saturated carbocycles. The molecule has 1 heterocycles. The van der Waals surface area contributed by atoms with E-state index in [-0.39, 0.29) is 0 Å². The highest BCUT2D eigenvalue weighted by Gasteiger charge is 2.13. The van der Waals surface area contributed by atoms with Crippen LogP contribution in [0.2, 0.25) is 0 Å². The first-order valence-electron chi connectivity index (χ1n) is 6.29. The Morgan fingerprint density at radius 3 is 2.81 bits per heavy atom. The molecule has 0 saturated heterocycles. The topological polar surface area (TPSA) is 9.23 Å². The zero-order valence-electron chi connectivity index (χ0n) is 10.7. The highest BCUT2D eigenvalue weighted by Crippen LogP contribution is 2.28. The van der Waals surface area contributed by atoms with Gasteiger partial charge in [-0.25, -0.2) is 0 Å². The van der Waals surface area contributed by atoms with Gasteiger partial charge in [-0.05, 0) is 48.3 Å². The molecule has 0 amide bonds. The van der Waals surface area contributed by atoms with Gasteiger partial charge in [0.25, 0.3) is 0 Å². The van der Waals surface area contributed by atoms with Gasteiger partial charge in [0.15, 0.2) is 0 Å². The lowest BCUT2D eigenvalue weighted by Crippen LogP contribution is -2.09. The Labute approximate surface area is 98.8 Å². The second kappa shape index (κ2) is 4.48. The van der Waals surface area contributed by atoms with Crippen LogP contribution >= 0.6 is 0 Å². The first-order chi connectivity index (χ1) is 7.54. The van der Waals surface area contributed by atoms with Crippen molar-refractivity contribution in [3.63, 3.8) is 0 Å². The first kappa shape index (κ1) is 11.5. The predicted molar refractivity (Wildman–Crippen MR) is 68.0 cm³/mol. The Kier molecular flexibility index (Phi) is 3.22. The molecule has 0 fully saturated rings. The summed E-state index contributed by atoms with van der Waals surface area (Å²) in [5.74, 6) is 1.12. The summed E-state index contributed by atoms with van der Waals surface area (Å²) in [4.78, 5) is 0. The van der Waals surface area contributed by atoms with Gasteiger partial charge in [0.1, 0.15) is 5.75 Å². The van der Waals surface area contributed by atoms with Crippen molar-refractivity contribution in [2.75, 3.05) is 6.61 Å². The minimum Gasteiger partial charge on any atom is -0.493 e. The third-order valence-electron chi connectivity index (χ3n) is 3.14. The van der Waals surface area contributed by atoms with Crippen LogP contribution in [-0.2, 0) is 12.8 Å². The van der Waals surface area contributed by atoms with E-state index in [9.17, 15) is 0 Å². The summed E-state index contributed by atoms with van der Waals surface area (Å²) in [5, 5.41) is 0. The fourth-order valence-electron chi connectivity index (χ4n) is 2.06. The number of aryl methyl sites for hydroxylation is 2. The average Bonchev–Trinajstić information content (AvgIpc) is 2.25. The van der Waals surface area contributed by atoms with E-state index in [0.717, 1.165) is 25.2 Å². The zero-order chi connectivity index (χ0) is 11.6.